The summed E-state index contributed by atoms with van der Waals surface area (Å²) in [5, 5.41) is 0.847. The summed E-state index contributed by atoms with van der Waals surface area (Å²) in [4.78, 5) is 0. The molecule has 0 radical (unpaired) electrons. The van der Waals surface area contributed by atoms with Crippen LogP contribution in [0.1, 0.15) is 6.92 Å². The molecule has 0 saturated heterocycles. The second kappa shape index (κ2) is 5.93. The summed E-state index contributed by atoms with van der Waals surface area (Å²) in [6, 6.07) is 0. The predicted molar refractivity (Wildman–Crippen MR) is 54.8 cm³/mol. The average molecular weight is 266 g/mol. The molecule has 0 saturated carbocycles. The number of alkyl halides is 1. The molecule has 0 heterocycles. The van der Waals surface area contributed by atoms with Gasteiger partial charge in [0.1, 0.15) is 0 Å². The Morgan fingerprint density at radius 3 is 2.50 bits per heavy atom. The third kappa shape index (κ3) is 4.07. The van der Waals surface area contributed by atoms with Gasteiger partial charge in [0.2, 0.25) is 0 Å². The van der Waals surface area contributed by atoms with E-state index in [1.54, 1.807) is 0 Å². The summed E-state index contributed by atoms with van der Waals surface area (Å²) in [6.07, 6.45) is 5.85. The van der Waals surface area contributed by atoms with Gasteiger partial charge in [0, 0.05) is 9.81 Å². The molecule has 0 aliphatic heterocycles. The number of allylic oxidation sites excluding steroid dienone is 5. The van der Waals surface area contributed by atoms with Crippen LogP contribution in [0.25, 0.3) is 0 Å². The van der Waals surface area contributed by atoms with Crippen LogP contribution in [0.2, 0.25) is 0 Å². The van der Waals surface area contributed by atoms with Crippen LogP contribution in [0.4, 0.5) is 0 Å². The van der Waals surface area contributed by atoms with Gasteiger partial charge in [0.25, 0.3) is 0 Å². The zero-order chi connectivity index (χ0) is 7.98. The minimum atomic E-state index is 0.847. The van der Waals surface area contributed by atoms with Gasteiger partial charge in [-0.1, -0.05) is 50.6 Å². The fraction of sp³-hybridized carbons (Fsp3) is 0.250. The minimum Gasteiger partial charge on any atom is -0.0988 e. The van der Waals surface area contributed by atoms with Crippen molar-refractivity contribution in [1.29, 1.82) is 0 Å². The molecule has 0 unspecified atom stereocenters. The molecule has 0 N–H and O–H groups in total. The van der Waals surface area contributed by atoms with E-state index in [1.165, 1.54) is 5.57 Å². The molecule has 0 aromatic rings. The van der Waals surface area contributed by atoms with Gasteiger partial charge in [0.05, 0.1) is 0 Å². The van der Waals surface area contributed by atoms with Crippen LogP contribution in [0, 0.1) is 0 Å². The largest absolute Gasteiger partial charge is 0.0988 e. The van der Waals surface area contributed by atoms with Gasteiger partial charge >= 0.3 is 0 Å². The topological polar surface area (TPSA) is 0 Å². The van der Waals surface area contributed by atoms with E-state index in [0.29, 0.717) is 0 Å². The van der Waals surface area contributed by atoms with Gasteiger partial charge in [-0.05, 0) is 18.6 Å². The number of hydrogen-bond donors (Lipinski definition) is 0. The molecular weight excluding hydrogens is 256 g/mol. The first kappa shape index (κ1) is 10.2. The molecule has 0 bridgehead atoms. The Morgan fingerprint density at radius 1 is 1.60 bits per heavy atom. The van der Waals surface area contributed by atoms with Crippen LogP contribution >= 0.6 is 31.9 Å². The van der Waals surface area contributed by atoms with Crippen molar-refractivity contribution in [2.24, 2.45) is 0 Å². The van der Waals surface area contributed by atoms with Crippen molar-refractivity contribution in [3.8, 4) is 0 Å². The Balaban J connectivity index is 4.24. The highest BCUT2D eigenvalue weighted by Crippen LogP contribution is 2.11. The molecule has 0 amide bonds. The lowest BCUT2D eigenvalue weighted by Gasteiger charge is -1.92. The van der Waals surface area contributed by atoms with Gasteiger partial charge in [-0.15, -0.1) is 0 Å². The highest BCUT2D eigenvalue weighted by atomic mass is 79.9. The minimum absolute atomic E-state index is 0.847. The van der Waals surface area contributed by atoms with Crippen molar-refractivity contribution in [3.63, 3.8) is 0 Å². The maximum absolute atomic E-state index is 3.67. The normalized spacial score (nSPS) is 13.5. The Labute approximate surface area is 79.0 Å². The van der Waals surface area contributed by atoms with Crippen LogP contribution < -0.4 is 0 Å². The standard InChI is InChI=1S/C8H10Br2/c1-3-7(6-9)5-8(10)4-2/h3-5H,1,6H2,2H3/b7-5+,8-4+. The molecule has 0 aromatic carbocycles. The Bertz CT molecular complexity index is 166. The van der Waals surface area contributed by atoms with E-state index >= 15 is 0 Å². The third-order valence-corrected chi connectivity index (χ3v) is 2.35. The molecule has 0 aromatic heterocycles. The van der Waals surface area contributed by atoms with Gasteiger partial charge in [0.15, 0.2) is 0 Å². The zero-order valence-corrected chi connectivity index (χ0v) is 9.07. The molecule has 0 rings (SSSR count). The van der Waals surface area contributed by atoms with E-state index in [2.05, 4.69) is 38.4 Å². The summed E-state index contributed by atoms with van der Waals surface area (Å²) < 4.78 is 1.09. The Kier molecular flexibility index (Phi) is 6.03. The van der Waals surface area contributed by atoms with E-state index in [1.807, 2.05) is 25.2 Å². The van der Waals surface area contributed by atoms with Crippen LogP contribution in [0.5, 0.6) is 0 Å². The SMILES string of the molecule is C=C/C(=C\C(Br)=C/C)CBr. The highest BCUT2D eigenvalue weighted by molar-refractivity contribution is 9.11. The highest BCUT2D eigenvalue weighted by Gasteiger charge is 1.87. The molecule has 10 heavy (non-hydrogen) atoms. The number of hydrogen-bond acceptors (Lipinski definition) is 0. The molecule has 0 atom stereocenters. The van der Waals surface area contributed by atoms with E-state index < -0.39 is 0 Å². The molecule has 0 spiro atoms. The van der Waals surface area contributed by atoms with Crippen molar-refractivity contribution in [3.05, 3.63) is 34.9 Å². The average Bonchev–Trinajstić information content (AvgIpc) is 1.99. The summed E-state index contributed by atoms with van der Waals surface area (Å²) >= 11 is 6.72. The lowest BCUT2D eigenvalue weighted by molar-refractivity contribution is 1.56. The predicted octanol–water partition coefficient (Wildman–Crippen LogP) is 3.79. The van der Waals surface area contributed by atoms with Crippen molar-refractivity contribution >= 4 is 31.9 Å². The lowest BCUT2D eigenvalue weighted by atomic mass is 10.3. The molecule has 2 heteroatoms. The van der Waals surface area contributed by atoms with Gasteiger partial charge in [-0.25, -0.2) is 0 Å². The van der Waals surface area contributed by atoms with Crippen LogP contribution in [-0.4, -0.2) is 5.33 Å². The fourth-order valence-corrected chi connectivity index (χ4v) is 1.10. The zero-order valence-electron chi connectivity index (χ0n) is 5.90. The first-order chi connectivity index (χ1) is 4.74. The van der Waals surface area contributed by atoms with E-state index in [-0.39, 0.29) is 0 Å². The van der Waals surface area contributed by atoms with Gasteiger partial charge in [-0.2, -0.15) is 0 Å². The van der Waals surface area contributed by atoms with Gasteiger partial charge < -0.3 is 0 Å². The molecule has 0 nitrogen and oxygen atoms in total. The summed E-state index contributed by atoms with van der Waals surface area (Å²) in [6.45, 7) is 5.65. The van der Waals surface area contributed by atoms with E-state index in [4.69, 9.17) is 0 Å². The number of rotatable bonds is 3. The smallest absolute Gasteiger partial charge is 0.0283 e. The van der Waals surface area contributed by atoms with Crippen molar-refractivity contribution in [2.45, 2.75) is 6.92 Å². The molecule has 0 aliphatic rings. The summed E-state index contributed by atoms with van der Waals surface area (Å²) in [5.41, 5.74) is 1.17. The van der Waals surface area contributed by atoms with Crippen molar-refractivity contribution in [2.75, 3.05) is 5.33 Å². The van der Waals surface area contributed by atoms with Gasteiger partial charge in [-0.3, -0.25) is 0 Å². The van der Waals surface area contributed by atoms with E-state index in [9.17, 15) is 0 Å². The fourth-order valence-electron chi connectivity index (χ4n) is 0.413. The van der Waals surface area contributed by atoms with E-state index in [0.717, 1.165) is 9.81 Å². The number of halogens is 2. The lowest BCUT2D eigenvalue weighted by Crippen LogP contribution is -1.76. The quantitative estimate of drug-likeness (QED) is 0.538. The first-order valence-electron chi connectivity index (χ1n) is 2.95. The molecule has 56 valence electrons. The molecule has 0 fully saturated rings. The maximum Gasteiger partial charge on any atom is 0.0283 e. The maximum atomic E-state index is 3.67. The van der Waals surface area contributed by atoms with Crippen LogP contribution in [-0.2, 0) is 0 Å². The Hall–Kier alpha value is 0.180. The van der Waals surface area contributed by atoms with Crippen molar-refractivity contribution < 1.29 is 0 Å². The van der Waals surface area contributed by atoms with Crippen LogP contribution in [0.3, 0.4) is 0 Å². The van der Waals surface area contributed by atoms with Crippen molar-refractivity contribution in [1.82, 2.24) is 0 Å². The Morgan fingerprint density at radius 2 is 2.20 bits per heavy atom. The second-order valence-corrected chi connectivity index (χ2v) is 3.21. The van der Waals surface area contributed by atoms with Crippen LogP contribution in [0.15, 0.2) is 34.9 Å². The third-order valence-electron chi connectivity index (χ3n) is 1.02. The second-order valence-electron chi connectivity index (χ2n) is 1.73. The monoisotopic (exact) mass is 264 g/mol. The molecular formula is C8H10Br2. The molecule has 0 aliphatic carbocycles. The summed E-state index contributed by atoms with van der Waals surface area (Å²) in [5.74, 6) is 0. The summed E-state index contributed by atoms with van der Waals surface area (Å²) in [7, 11) is 0. The first-order valence-corrected chi connectivity index (χ1v) is 4.86.